The maximum Gasteiger partial charge on any atom is 0.306 e. The van der Waals surface area contributed by atoms with Crippen molar-refractivity contribution in [3.8, 4) is 33.4 Å². The monoisotopic (exact) mass is 1240 g/mol. The standard InChI is InChI=1S/C24H32O2S2.C19H17FS3.C18H16FNO4S3.ClH/c1-4-6-10-19(5-2)18-26-24(25)13-14-28-23-16-21(15-22(17-23)27-3)20-11-8-7-9-12-20;1-3-18-17(20)12-19(23-18)22-16-10-14(9-15(11-16)21-2)13-7-5-4-6-8-13;1-26(21,22)14-7-13(12-5-3-2-4-6-12)8-15(9-14)27(23,24)18-10-16(19)17(11-20)25-18;/h7-9,11-12,15-17,19H,4-6,10,13-14,18H2,1-3H3;4-12H,3H2,1-2H3;2-10H,11,20H2,1H3;1H. The summed E-state index contributed by atoms with van der Waals surface area (Å²) in [5.41, 5.74) is 11.4. The molecule has 0 saturated carbocycles. The summed E-state index contributed by atoms with van der Waals surface area (Å²) in [7, 11) is -7.77. The van der Waals surface area contributed by atoms with E-state index in [2.05, 4.69) is 111 Å². The van der Waals surface area contributed by atoms with E-state index >= 15 is 0 Å². The minimum absolute atomic E-state index is 0. The number of esters is 1. The zero-order valence-corrected chi connectivity index (χ0v) is 52.3. The number of hydrogen-bond donors (Lipinski definition) is 1. The predicted octanol–water partition coefficient (Wildman–Crippen LogP) is 18.0. The number of aryl methyl sites for hydroxylation is 1. The molecule has 1 unspecified atom stereocenters. The van der Waals surface area contributed by atoms with E-state index in [4.69, 9.17) is 10.5 Å². The number of nitrogens with two attached hydrogens (primary N) is 1. The van der Waals surface area contributed by atoms with Crippen molar-refractivity contribution in [3.05, 3.63) is 179 Å². The van der Waals surface area contributed by atoms with Crippen LogP contribution < -0.4 is 5.73 Å². The Morgan fingerprint density at radius 1 is 0.620 bits per heavy atom. The number of hydrogen-bond acceptors (Lipinski definition) is 13. The van der Waals surface area contributed by atoms with Crippen molar-refractivity contribution in [2.24, 2.45) is 11.7 Å². The van der Waals surface area contributed by atoms with Gasteiger partial charge in [-0.05, 0) is 125 Å². The first-order valence-corrected chi connectivity index (χ1v) is 34.6. The van der Waals surface area contributed by atoms with Crippen LogP contribution in [0.1, 0.15) is 62.6 Å². The summed E-state index contributed by atoms with van der Waals surface area (Å²) in [4.78, 5) is 17.5. The van der Waals surface area contributed by atoms with Gasteiger partial charge in [0.2, 0.25) is 9.84 Å². The zero-order valence-electron chi connectivity index (χ0n) is 44.9. The summed E-state index contributed by atoms with van der Waals surface area (Å²) in [5, 5.41) is 0. The smallest absolute Gasteiger partial charge is 0.306 e. The van der Waals surface area contributed by atoms with Gasteiger partial charge in [0.05, 0.1) is 31.9 Å². The molecule has 8 rings (SSSR count). The topological polar surface area (TPSA) is 121 Å². The number of ether oxygens (including phenoxy) is 1. The number of carbonyl (C=O) groups is 1. The van der Waals surface area contributed by atoms with Gasteiger partial charge in [-0.2, -0.15) is 0 Å². The third kappa shape index (κ3) is 19.6. The van der Waals surface area contributed by atoms with E-state index in [0.717, 1.165) is 68.7 Å². The minimum Gasteiger partial charge on any atom is -0.465 e. The molecule has 7 nitrogen and oxygen atoms in total. The number of unbranched alkanes of at least 4 members (excludes halogenated alkanes) is 1. The second kappa shape index (κ2) is 32.3. The highest BCUT2D eigenvalue weighted by molar-refractivity contribution is 8.01. The second-order valence-corrected chi connectivity index (χ2v) is 28.7. The Labute approximate surface area is 497 Å². The van der Waals surface area contributed by atoms with Gasteiger partial charge in [-0.25, -0.2) is 25.6 Å². The normalized spacial score (nSPS) is 11.6. The van der Waals surface area contributed by atoms with Crippen LogP contribution in [0.3, 0.4) is 0 Å². The van der Waals surface area contributed by atoms with Crippen LogP contribution in [-0.2, 0) is 42.2 Å². The average Bonchev–Trinajstić information content (AvgIpc) is 4.08. The molecule has 420 valence electrons. The number of rotatable bonds is 22. The van der Waals surface area contributed by atoms with Gasteiger partial charge < -0.3 is 10.5 Å². The summed E-state index contributed by atoms with van der Waals surface area (Å²) >= 11 is 9.14. The third-order valence-corrected chi connectivity index (χ3v) is 21.4. The van der Waals surface area contributed by atoms with E-state index in [1.807, 2.05) is 19.1 Å². The van der Waals surface area contributed by atoms with E-state index in [1.54, 1.807) is 94.8 Å². The van der Waals surface area contributed by atoms with Crippen molar-refractivity contribution in [1.82, 2.24) is 0 Å². The van der Waals surface area contributed by atoms with Crippen LogP contribution in [0, 0.1) is 17.6 Å². The molecule has 0 aliphatic heterocycles. The number of carbonyl (C=O) groups excluding carboxylic acids is 1. The van der Waals surface area contributed by atoms with Crippen LogP contribution in [0.2, 0.25) is 0 Å². The Hall–Kier alpha value is -4.40. The summed E-state index contributed by atoms with van der Waals surface area (Å²) < 4.78 is 84.0. The Bertz CT molecular complexity index is 3430. The molecule has 0 aliphatic rings. The fourth-order valence-electron chi connectivity index (χ4n) is 7.85. The zero-order chi connectivity index (χ0) is 56.2. The van der Waals surface area contributed by atoms with Crippen LogP contribution in [0.15, 0.2) is 196 Å². The van der Waals surface area contributed by atoms with Crippen LogP contribution in [0.4, 0.5) is 8.78 Å². The predicted molar refractivity (Wildman–Crippen MR) is 335 cm³/mol. The molecule has 2 N–H and O–H groups in total. The van der Waals surface area contributed by atoms with Gasteiger partial charge in [0.1, 0.15) is 15.8 Å². The van der Waals surface area contributed by atoms with Gasteiger partial charge in [0.15, 0.2) is 9.84 Å². The van der Waals surface area contributed by atoms with Gasteiger partial charge >= 0.3 is 5.97 Å². The lowest BCUT2D eigenvalue weighted by Crippen LogP contribution is -2.14. The molecule has 0 radical (unpaired) electrons. The van der Waals surface area contributed by atoms with Crippen LogP contribution in [0.5, 0.6) is 0 Å². The fourth-order valence-corrected chi connectivity index (χ4v) is 15.6. The van der Waals surface area contributed by atoms with Crippen molar-refractivity contribution in [1.29, 1.82) is 0 Å². The maximum atomic E-state index is 13.8. The highest BCUT2D eigenvalue weighted by Gasteiger charge is 2.25. The summed E-state index contributed by atoms with van der Waals surface area (Å²) in [5.74, 6) is 0.402. The van der Waals surface area contributed by atoms with Gasteiger partial charge in [0, 0.05) is 49.1 Å². The van der Waals surface area contributed by atoms with E-state index < -0.39 is 25.5 Å². The first kappa shape index (κ1) is 65.4. The molecular formula is C61H66ClF2NO6S8. The van der Waals surface area contributed by atoms with Gasteiger partial charge in [0.25, 0.3) is 0 Å². The number of halogens is 3. The molecule has 0 aliphatic carbocycles. The maximum absolute atomic E-state index is 13.8. The lowest BCUT2D eigenvalue weighted by molar-refractivity contribution is -0.144. The van der Waals surface area contributed by atoms with Crippen LogP contribution >= 0.6 is 82.1 Å². The van der Waals surface area contributed by atoms with E-state index in [9.17, 15) is 30.4 Å². The molecule has 18 heteroatoms. The molecular weight excluding hydrogens is 1170 g/mol. The van der Waals surface area contributed by atoms with Crippen molar-refractivity contribution in [2.75, 3.05) is 31.1 Å². The Morgan fingerprint density at radius 3 is 1.61 bits per heavy atom. The van der Waals surface area contributed by atoms with Gasteiger partial charge in [-0.3, -0.25) is 4.79 Å². The lowest BCUT2D eigenvalue weighted by Gasteiger charge is -2.14. The largest absolute Gasteiger partial charge is 0.465 e. The van der Waals surface area contributed by atoms with Crippen molar-refractivity contribution in [2.45, 2.75) is 104 Å². The first-order chi connectivity index (χ1) is 37.5. The highest BCUT2D eigenvalue weighted by Crippen LogP contribution is 2.40. The first-order valence-electron chi connectivity index (χ1n) is 25.4. The number of thioether (sulfide) groups is 3. The molecule has 0 amide bonds. The molecule has 0 bridgehead atoms. The number of thiophene rings is 2. The van der Waals surface area contributed by atoms with E-state index in [-0.39, 0.29) is 49.6 Å². The molecule has 0 saturated heterocycles. The highest BCUT2D eigenvalue weighted by atomic mass is 35.5. The number of sulfone groups is 2. The molecule has 2 heterocycles. The SMILES string of the molecule is CCCCC(CC)COC(=O)CCSc1cc(SC)cc(-c2ccccc2)c1.CCc1sc(Sc2cc(SC)cc(-c3ccccc3)c2)cc1F.CS(=O)(=O)c1cc(-c2ccccc2)cc(S(=O)(=O)c2cc(F)c(CN)s2)c1.Cl. The Kier molecular flexibility index (Phi) is 26.7. The van der Waals surface area contributed by atoms with Crippen LogP contribution in [0.25, 0.3) is 33.4 Å². The van der Waals surface area contributed by atoms with Gasteiger partial charge in [-0.1, -0.05) is 143 Å². The quantitative estimate of drug-likeness (QED) is 0.0516. The molecule has 0 spiro atoms. The van der Waals surface area contributed by atoms with Crippen molar-refractivity contribution >= 4 is 108 Å². The Balaban J connectivity index is 0.000000218. The van der Waals surface area contributed by atoms with Crippen molar-refractivity contribution < 1.29 is 35.1 Å². The molecule has 6 aromatic carbocycles. The van der Waals surface area contributed by atoms with Crippen LogP contribution in [-0.4, -0.2) is 53.9 Å². The minimum atomic E-state index is -4.11. The second-order valence-electron chi connectivity index (χ2n) is 17.9. The third-order valence-electron chi connectivity index (χ3n) is 12.2. The molecule has 79 heavy (non-hydrogen) atoms. The van der Waals surface area contributed by atoms with E-state index in [1.165, 1.54) is 61.9 Å². The molecule has 8 aromatic rings. The average molecular weight is 1240 g/mol. The van der Waals surface area contributed by atoms with Crippen molar-refractivity contribution in [3.63, 3.8) is 0 Å². The Morgan fingerprint density at radius 2 is 1.13 bits per heavy atom. The molecule has 2 aromatic heterocycles. The summed E-state index contributed by atoms with van der Waals surface area (Å²) in [6, 6.07) is 49.3. The summed E-state index contributed by atoms with van der Waals surface area (Å²) in [6.45, 7) is 6.81. The summed E-state index contributed by atoms with van der Waals surface area (Å²) in [6.07, 6.45) is 11.0. The lowest BCUT2D eigenvalue weighted by atomic mass is 10.0. The van der Waals surface area contributed by atoms with Gasteiger partial charge in [-0.15, -0.1) is 70.4 Å². The molecule has 1 atom stereocenters. The van der Waals surface area contributed by atoms with E-state index in [0.29, 0.717) is 30.1 Å². The fraction of sp³-hybridized carbons (Fsp3) is 0.262. The number of benzene rings is 6. The molecule has 0 fully saturated rings.